The van der Waals surface area contributed by atoms with Gasteiger partial charge in [0.2, 0.25) is 0 Å². The predicted molar refractivity (Wildman–Crippen MR) is 533 cm³/mol. The summed E-state index contributed by atoms with van der Waals surface area (Å²) in [7, 11) is 0. The minimum Gasteiger partial charge on any atom is -0.303 e. The van der Waals surface area contributed by atoms with Crippen molar-refractivity contribution in [1.29, 1.82) is 0 Å². The van der Waals surface area contributed by atoms with Crippen LogP contribution in [0.1, 0.15) is 406 Å². The highest BCUT2D eigenvalue weighted by Crippen LogP contribution is 2.15. The minimum absolute atomic E-state index is 1.24. The lowest BCUT2D eigenvalue weighted by atomic mass is 10.2. The second-order valence-corrected chi connectivity index (χ2v) is 37.4. The normalized spacial score (nSPS) is 12.6. The van der Waals surface area contributed by atoms with Crippen molar-refractivity contribution in [2.75, 3.05) is 275 Å². The molecule has 0 amide bonds. The Morgan fingerprint density at radius 3 is 0.178 bits per heavy atom. The molecule has 0 N–H and O–H groups in total. The van der Waals surface area contributed by atoms with E-state index >= 15 is 0 Å². The molecule has 0 aliphatic heterocycles. The topological polar surface area (TPSA) is 45.4 Å². The summed E-state index contributed by atoms with van der Waals surface area (Å²) in [6.07, 6.45) is 60.3. The van der Waals surface area contributed by atoms with E-state index < -0.39 is 0 Å². The van der Waals surface area contributed by atoms with E-state index in [-0.39, 0.29) is 0 Å². The van der Waals surface area contributed by atoms with Crippen LogP contribution in [0.2, 0.25) is 0 Å². The molecule has 0 aromatic heterocycles. The summed E-state index contributed by atoms with van der Waals surface area (Å²) >= 11 is 0. The summed E-state index contributed by atoms with van der Waals surface area (Å²) in [6, 6.07) is 0. The van der Waals surface area contributed by atoms with Gasteiger partial charge in [-0.3, -0.25) is 0 Å². The first kappa shape index (κ1) is 117. The summed E-state index contributed by atoms with van der Waals surface area (Å²) in [5.74, 6) is 0. The van der Waals surface area contributed by atoms with Crippen molar-refractivity contribution < 1.29 is 0 Å². The van der Waals surface area contributed by atoms with Crippen LogP contribution < -0.4 is 0 Å². The fraction of sp³-hybridized carbons (Fsp3) is 1.00. The molecule has 0 atom stereocenters. The zero-order chi connectivity index (χ0) is 86.3. The molecule has 0 aliphatic rings. The number of unbranched alkanes of at least 4 members (excludes halogenated alkanes) is 17. The van der Waals surface area contributed by atoms with Gasteiger partial charge in [0.25, 0.3) is 0 Å². The summed E-state index contributed by atoms with van der Waals surface area (Å²) < 4.78 is 0. The maximum Gasteiger partial charge on any atom is -0.000653 e. The largest absolute Gasteiger partial charge is 0.303 e. The van der Waals surface area contributed by atoms with E-state index in [1.54, 1.807) is 0 Å². The van der Waals surface area contributed by atoms with Gasteiger partial charge in [-0.25, -0.2) is 0 Å². The monoisotopic (exact) mass is 1670 g/mol. The van der Waals surface area contributed by atoms with E-state index in [4.69, 9.17) is 0 Å². The summed E-state index contributed by atoms with van der Waals surface area (Å²) in [5, 5.41) is 0. The van der Waals surface area contributed by atoms with Crippen molar-refractivity contribution >= 4 is 0 Å². The molecule has 0 rings (SSSR count). The van der Waals surface area contributed by atoms with Crippen LogP contribution >= 0.6 is 0 Å². The van der Waals surface area contributed by atoms with Gasteiger partial charge in [0.05, 0.1) is 0 Å². The van der Waals surface area contributed by atoms with Gasteiger partial charge in [-0.1, -0.05) is 214 Å². The second-order valence-electron chi connectivity index (χ2n) is 37.4. The van der Waals surface area contributed by atoms with Crippen molar-refractivity contribution in [2.45, 2.75) is 406 Å². The third kappa shape index (κ3) is 74.5. The molecule has 0 heterocycles. The van der Waals surface area contributed by atoms with Crippen molar-refractivity contribution in [3.8, 4) is 0 Å². The maximum atomic E-state index is 3.02. The third-order valence-electron chi connectivity index (χ3n) is 25.8. The molecule has 0 aromatic carbocycles. The minimum atomic E-state index is 1.24. The summed E-state index contributed by atoms with van der Waals surface area (Å²) in [6.45, 7) is 91.1. The first-order chi connectivity index (χ1) is 58.0. The van der Waals surface area contributed by atoms with E-state index in [1.807, 2.05) is 0 Å². The highest BCUT2D eigenvalue weighted by molar-refractivity contribution is 4.76. The van der Waals surface area contributed by atoms with Crippen LogP contribution in [0.25, 0.3) is 0 Å². The van der Waals surface area contributed by atoms with Crippen LogP contribution in [0, 0.1) is 0 Å². The highest BCUT2D eigenvalue weighted by Gasteiger charge is 2.19. The SMILES string of the molecule is CCCCN(CCCC)CCCN(CCCN(CCCC)CCCC)CCCN(CCCCN(CCCN(CCCN(CCCC)CCCC)CCCN(CCCC)CCCC)CCCN(CCCN(CCCC)CCCC)CCCN(CCCC)CCCC)CCCN(CCCN(CCCC)CCCC)CCCN(CCCC)CCCC. The highest BCUT2D eigenvalue weighted by atomic mass is 15.2. The lowest BCUT2D eigenvalue weighted by Gasteiger charge is -2.30. The Labute approximate surface area is 745 Å². The Balaban J connectivity index is 7.74. The molecule has 0 spiro atoms. The van der Waals surface area contributed by atoms with E-state index in [9.17, 15) is 0 Å². The van der Waals surface area contributed by atoms with E-state index in [0.717, 1.165) is 0 Å². The van der Waals surface area contributed by atoms with E-state index in [0.29, 0.717) is 0 Å². The first-order valence-corrected chi connectivity index (χ1v) is 54.1. The average Bonchev–Trinajstić information content (AvgIpc) is 0.909. The molecule has 0 aliphatic carbocycles. The number of hydrogen-bond donors (Lipinski definition) is 0. The standard InChI is InChI=1S/C104H224N14/c1-17-33-63-105(64-34-18-2)81-51-93-115(94-52-82-106(65-35-19-3)66-36-20-4)101-59-89-113(90-60-102-116(95-53-83-107(67-37-21-5)68-38-22-6)96-54-84-108(69-39-23-7)70-40-24-8)79-49-50-80-114(91-61-103-117(97-55-85-109(71-41-25-9)72-42-26-10)98-56-86-110(73-43-27-11)74-44-28-12)92-62-104-118(99-57-87-111(75-45-29-13)76-46-30-14)100-58-88-112(77-47-31-15)78-48-32-16/h17-104H2,1-16H3. The Kier molecular flexibility index (Phi) is 92.2. The van der Waals surface area contributed by atoms with Gasteiger partial charge in [0, 0.05) is 0 Å². The maximum absolute atomic E-state index is 3.02. The van der Waals surface area contributed by atoms with Crippen molar-refractivity contribution in [2.24, 2.45) is 0 Å². The fourth-order valence-electron chi connectivity index (χ4n) is 17.7. The van der Waals surface area contributed by atoms with Crippen LogP contribution in [0.4, 0.5) is 0 Å². The van der Waals surface area contributed by atoms with Crippen molar-refractivity contribution in [3.63, 3.8) is 0 Å². The smallest absolute Gasteiger partial charge is 0.000653 e. The van der Waals surface area contributed by atoms with Gasteiger partial charge < -0.3 is 68.6 Å². The van der Waals surface area contributed by atoms with Gasteiger partial charge in [-0.05, 0) is 468 Å². The third-order valence-corrected chi connectivity index (χ3v) is 25.8. The quantitative estimate of drug-likeness (QED) is 0.0543. The molecular weight excluding hydrogens is 1450 g/mol. The van der Waals surface area contributed by atoms with Crippen LogP contribution in [0.3, 0.4) is 0 Å². The van der Waals surface area contributed by atoms with Crippen LogP contribution in [0.5, 0.6) is 0 Å². The average molecular weight is 1670 g/mol. The lowest BCUT2D eigenvalue weighted by Crippen LogP contribution is -2.38. The Morgan fingerprint density at radius 2 is 0.119 bits per heavy atom. The Morgan fingerprint density at radius 1 is 0.0678 bits per heavy atom. The molecule has 0 fully saturated rings. The van der Waals surface area contributed by atoms with Gasteiger partial charge in [-0.15, -0.1) is 0 Å². The summed E-state index contributed by atoms with van der Waals surface area (Å²) in [4.78, 5) is 40.5. The van der Waals surface area contributed by atoms with Gasteiger partial charge in [0.1, 0.15) is 0 Å². The van der Waals surface area contributed by atoms with Crippen molar-refractivity contribution in [3.05, 3.63) is 0 Å². The number of hydrogen-bond acceptors (Lipinski definition) is 14. The zero-order valence-electron chi connectivity index (χ0n) is 84.5. The molecule has 14 nitrogen and oxygen atoms in total. The van der Waals surface area contributed by atoms with E-state index in [1.165, 1.54) is 570 Å². The summed E-state index contributed by atoms with van der Waals surface area (Å²) in [5.41, 5.74) is 0. The van der Waals surface area contributed by atoms with Crippen LogP contribution in [0.15, 0.2) is 0 Å². The molecular formula is C104H224N14. The first-order valence-electron chi connectivity index (χ1n) is 54.1. The molecule has 14 heteroatoms. The van der Waals surface area contributed by atoms with Gasteiger partial charge in [-0.2, -0.15) is 0 Å². The predicted octanol–water partition coefficient (Wildman–Crippen LogP) is 23.5. The Hall–Kier alpha value is -0.560. The molecule has 0 saturated carbocycles. The molecule has 0 radical (unpaired) electrons. The zero-order valence-corrected chi connectivity index (χ0v) is 84.5. The number of nitrogens with zero attached hydrogens (tertiary/aromatic N) is 14. The molecule has 0 aromatic rings. The van der Waals surface area contributed by atoms with Gasteiger partial charge in [0.15, 0.2) is 0 Å². The molecule has 118 heavy (non-hydrogen) atoms. The molecule has 0 saturated heterocycles. The van der Waals surface area contributed by atoms with E-state index in [2.05, 4.69) is 179 Å². The molecule has 0 bridgehead atoms. The number of rotatable bonds is 101. The molecule has 710 valence electrons. The molecule has 0 unspecified atom stereocenters. The van der Waals surface area contributed by atoms with Crippen molar-refractivity contribution in [1.82, 2.24) is 68.6 Å². The lowest BCUT2D eigenvalue weighted by molar-refractivity contribution is 0.173. The fourth-order valence-corrected chi connectivity index (χ4v) is 17.7. The van der Waals surface area contributed by atoms with Crippen LogP contribution in [-0.2, 0) is 0 Å². The Bertz CT molecular complexity index is 1470. The van der Waals surface area contributed by atoms with Gasteiger partial charge >= 0.3 is 0 Å². The van der Waals surface area contributed by atoms with Crippen LogP contribution in [-0.4, -0.2) is 343 Å². The second kappa shape index (κ2) is 92.6.